The summed E-state index contributed by atoms with van der Waals surface area (Å²) in [7, 11) is -1.28. The summed E-state index contributed by atoms with van der Waals surface area (Å²) in [5.74, 6) is 1.98. The molecule has 53 heavy (non-hydrogen) atoms. The zero-order valence-corrected chi connectivity index (χ0v) is 33.3. The van der Waals surface area contributed by atoms with Gasteiger partial charge in [-0.2, -0.15) is 0 Å². The fourth-order valence-corrected chi connectivity index (χ4v) is 6.89. The van der Waals surface area contributed by atoms with E-state index in [0.29, 0.717) is 66.9 Å². The number of anilines is 1. The predicted octanol–water partition coefficient (Wildman–Crippen LogP) is 9.17. The van der Waals surface area contributed by atoms with Crippen LogP contribution in [-0.2, 0) is 16.2 Å². The second-order valence-electron chi connectivity index (χ2n) is 16.1. The standard InChI is InChI=1S/C39H51ClN6O6Si/c1-39(2,3)52-38(48)45-17-15-26(16-18-45)23-50-29-11-7-27(8-12-29)34-22-31-35(46(34)25-49-19-20-53(4,5)6)41-24-42-36(31)51-30-13-14-33(32(40)21-30)44-37(47)43-28-9-10-28/h7-8,11-14,21-22,24,26,28H,9-10,15-20,23,25H2,1-6H3,(H2,43,44,47). The molecule has 0 radical (unpaired) electrons. The molecule has 2 N–H and O–H groups in total. The van der Waals surface area contributed by atoms with E-state index < -0.39 is 13.7 Å². The Labute approximate surface area is 317 Å². The van der Waals surface area contributed by atoms with Gasteiger partial charge in [-0.25, -0.2) is 19.6 Å². The summed E-state index contributed by atoms with van der Waals surface area (Å²) < 4.78 is 26.3. The van der Waals surface area contributed by atoms with Crippen molar-refractivity contribution in [3.63, 3.8) is 0 Å². The molecule has 0 atom stereocenters. The molecule has 1 saturated heterocycles. The lowest BCUT2D eigenvalue weighted by atomic mass is 9.98. The van der Waals surface area contributed by atoms with E-state index in [2.05, 4.69) is 40.2 Å². The normalized spacial score (nSPS) is 15.3. The number of likely N-dealkylation sites (tertiary alicyclic amines) is 1. The molecule has 6 rings (SSSR count). The maximum absolute atomic E-state index is 12.5. The number of aromatic nitrogens is 3. The van der Waals surface area contributed by atoms with Gasteiger partial charge in [0, 0.05) is 39.9 Å². The highest BCUT2D eigenvalue weighted by atomic mass is 35.5. The molecule has 2 aromatic heterocycles. The molecular weight excluding hydrogens is 712 g/mol. The third-order valence-corrected chi connectivity index (χ3v) is 11.1. The van der Waals surface area contributed by atoms with E-state index >= 15 is 0 Å². The van der Waals surface area contributed by atoms with Crippen molar-refractivity contribution in [2.24, 2.45) is 5.92 Å². The van der Waals surface area contributed by atoms with Gasteiger partial charge >= 0.3 is 12.1 Å². The van der Waals surface area contributed by atoms with Gasteiger partial charge in [-0.05, 0) is 106 Å². The first kappa shape index (κ1) is 38.4. The number of nitrogens with one attached hydrogen (secondary N) is 2. The molecule has 1 aliphatic heterocycles. The fourth-order valence-electron chi connectivity index (χ4n) is 5.91. The van der Waals surface area contributed by atoms with Crippen molar-refractivity contribution in [1.82, 2.24) is 24.8 Å². The maximum atomic E-state index is 12.5. The van der Waals surface area contributed by atoms with Gasteiger partial charge in [-0.15, -0.1) is 0 Å². The van der Waals surface area contributed by atoms with Crippen molar-refractivity contribution in [3.05, 3.63) is 59.9 Å². The largest absolute Gasteiger partial charge is 0.493 e. The highest BCUT2D eigenvalue weighted by Gasteiger charge is 2.27. The van der Waals surface area contributed by atoms with Crippen molar-refractivity contribution in [2.45, 2.75) is 90.5 Å². The second-order valence-corrected chi connectivity index (χ2v) is 22.1. The molecule has 0 spiro atoms. The van der Waals surface area contributed by atoms with Gasteiger partial charge in [-0.3, -0.25) is 0 Å². The van der Waals surface area contributed by atoms with Crippen LogP contribution in [0.15, 0.2) is 54.9 Å². The van der Waals surface area contributed by atoms with Crippen LogP contribution in [0, 0.1) is 5.92 Å². The fraction of sp³-hybridized carbons (Fsp3) is 0.487. The van der Waals surface area contributed by atoms with E-state index in [9.17, 15) is 9.59 Å². The topological polar surface area (TPSA) is 129 Å². The third kappa shape index (κ3) is 10.9. The maximum Gasteiger partial charge on any atom is 0.410 e. The van der Waals surface area contributed by atoms with Crippen LogP contribution in [0.4, 0.5) is 15.3 Å². The molecule has 0 unspecified atom stereocenters. The van der Waals surface area contributed by atoms with E-state index in [1.54, 1.807) is 23.1 Å². The van der Waals surface area contributed by atoms with Crippen LogP contribution in [-0.4, -0.2) is 77.6 Å². The predicted molar refractivity (Wildman–Crippen MR) is 210 cm³/mol. The van der Waals surface area contributed by atoms with Crippen LogP contribution in [0.1, 0.15) is 46.5 Å². The molecule has 12 nitrogen and oxygen atoms in total. The van der Waals surface area contributed by atoms with E-state index in [-0.39, 0.29) is 18.2 Å². The summed E-state index contributed by atoms with van der Waals surface area (Å²) in [5.41, 5.74) is 2.53. The average molecular weight is 763 g/mol. The second kappa shape index (κ2) is 16.4. The smallest absolute Gasteiger partial charge is 0.410 e. The van der Waals surface area contributed by atoms with Crippen LogP contribution >= 0.6 is 11.6 Å². The number of amides is 3. The number of hydrogen-bond donors (Lipinski definition) is 2. The number of halogens is 1. The Morgan fingerprint density at radius 3 is 2.34 bits per heavy atom. The summed E-state index contributed by atoms with van der Waals surface area (Å²) in [6, 6.07) is 16.1. The third-order valence-electron chi connectivity index (χ3n) is 9.09. The number of fused-ring (bicyclic) bond motifs is 1. The van der Waals surface area contributed by atoms with Gasteiger partial charge in [0.1, 0.15) is 35.8 Å². The van der Waals surface area contributed by atoms with Crippen molar-refractivity contribution >= 4 is 48.5 Å². The van der Waals surface area contributed by atoms with Crippen molar-refractivity contribution in [2.75, 3.05) is 31.6 Å². The molecule has 2 aromatic carbocycles. The monoisotopic (exact) mass is 762 g/mol. The molecule has 3 heterocycles. The van der Waals surface area contributed by atoms with Crippen LogP contribution in [0.2, 0.25) is 30.7 Å². The van der Waals surface area contributed by atoms with Crippen molar-refractivity contribution in [1.29, 1.82) is 0 Å². The van der Waals surface area contributed by atoms with Gasteiger partial charge in [0.15, 0.2) is 0 Å². The summed E-state index contributed by atoms with van der Waals surface area (Å²) >= 11 is 6.54. The van der Waals surface area contributed by atoms with E-state index in [1.807, 2.05) is 55.7 Å². The Hall–Kier alpha value is -4.33. The molecule has 1 saturated carbocycles. The molecule has 0 bridgehead atoms. The van der Waals surface area contributed by atoms with Crippen molar-refractivity contribution < 1.29 is 28.5 Å². The minimum absolute atomic E-state index is 0.235. The lowest BCUT2D eigenvalue weighted by molar-refractivity contribution is 0.0165. The van der Waals surface area contributed by atoms with Gasteiger partial charge < -0.3 is 39.0 Å². The minimum Gasteiger partial charge on any atom is -0.493 e. The Morgan fingerprint density at radius 1 is 0.962 bits per heavy atom. The zero-order valence-electron chi connectivity index (χ0n) is 31.5. The first-order valence-corrected chi connectivity index (χ1v) is 22.5. The summed E-state index contributed by atoms with van der Waals surface area (Å²) in [5, 5.41) is 6.76. The van der Waals surface area contributed by atoms with E-state index in [0.717, 1.165) is 54.1 Å². The van der Waals surface area contributed by atoms with Gasteiger partial charge in [-0.1, -0.05) is 31.2 Å². The zero-order chi connectivity index (χ0) is 37.8. The summed E-state index contributed by atoms with van der Waals surface area (Å²) in [6.07, 6.45) is 4.95. The number of hydrogen-bond acceptors (Lipinski definition) is 8. The number of piperidine rings is 1. The quantitative estimate of drug-likeness (QED) is 0.102. The molecular formula is C39H51ClN6O6Si. The number of benzene rings is 2. The number of rotatable bonds is 13. The molecule has 14 heteroatoms. The van der Waals surface area contributed by atoms with Crippen molar-refractivity contribution in [3.8, 4) is 28.6 Å². The van der Waals surface area contributed by atoms with Crippen LogP contribution in [0.5, 0.6) is 17.4 Å². The SMILES string of the molecule is CC(C)(C)OC(=O)N1CCC(COc2ccc(-c3cc4c(Oc5ccc(NC(=O)NC6CC6)c(Cl)c5)ncnc4n3COCC[Si](C)(C)C)cc2)CC1. The lowest BCUT2D eigenvalue weighted by Crippen LogP contribution is -2.42. The molecule has 4 aromatic rings. The lowest BCUT2D eigenvalue weighted by Gasteiger charge is -2.33. The first-order valence-electron chi connectivity index (χ1n) is 18.4. The highest BCUT2D eigenvalue weighted by Crippen LogP contribution is 2.36. The summed E-state index contributed by atoms with van der Waals surface area (Å²) in [4.78, 5) is 35.6. The van der Waals surface area contributed by atoms with Gasteiger partial charge in [0.2, 0.25) is 5.88 Å². The number of nitrogens with zero attached hydrogens (tertiary/aromatic N) is 4. The Balaban J connectivity index is 1.15. The number of carbonyl (C=O) groups excluding carboxylic acids is 2. The molecule has 3 amide bonds. The Morgan fingerprint density at radius 2 is 1.68 bits per heavy atom. The average Bonchev–Trinajstić information content (AvgIpc) is 3.83. The van der Waals surface area contributed by atoms with Crippen LogP contribution in [0.3, 0.4) is 0 Å². The van der Waals surface area contributed by atoms with Gasteiger partial charge in [0.25, 0.3) is 0 Å². The Kier molecular flexibility index (Phi) is 11.8. The minimum atomic E-state index is -1.28. The first-order chi connectivity index (χ1) is 25.2. The van der Waals surface area contributed by atoms with Gasteiger partial charge in [0.05, 0.1) is 28.4 Å². The highest BCUT2D eigenvalue weighted by molar-refractivity contribution is 6.76. The van der Waals surface area contributed by atoms with Crippen LogP contribution < -0.4 is 20.1 Å². The number of urea groups is 1. The molecule has 2 fully saturated rings. The van der Waals surface area contributed by atoms with E-state index in [4.69, 9.17) is 30.5 Å². The van der Waals surface area contributed by atoms with Crippen LogP contribution in [0.25, 0.3) is 22.3 Å². The number of carbonyl (C=O) groups is 2. The molecule has 284 valence electrons. The number of ether oxygens (including phenoxy) is 4. The molecule has 1 aliphatic carbocycles. The van der Waals surface area contributed by atoms with E-state index in [1.165, 1.54) is 6.33 Å². The molecule has 2 aliphatic rings. The Bertz CT molecular complexity index is 1900. The summed E-state index contributed by atoms with van der Waals surface area (Å²) in [6.45, 7) is 15.5.